The Hall–Kier alpha value is -3.54. The maximum Gasteiger partial charge on any atom is 0.407 e. The van der Waals surface area contributed by atoms with Crippen LogP contribution in [0.4, 0.5) is 15.0 Å². The Labute approximate surface area is 274 Å². The second kappa shape index (κ2) is 12.6. The molecular weight excluding hydrogens is 609 g/mol. The molecule has 4 aromatic rings. The topological polar surface area (TPSA) is 99.8 Å². The van der Waals surface area contributed by atoms with E-state index in [2.05, 4.69) is 10.00 Å². The summed E-state index contributed by atoms with van der Waals surface area (Å²) in [5.74, 6) is 0.585. The Bertz CT molecular complexity index is 1780. The second-order valence-electron chi connectivity index (χ2n) is 13.9. The van der Waals surface area contributed by atoms with Crippen molar-refractivity contribution >= 4 is 45.3 Å². The van der Waals surface area contributed by atoms with Gasteiger partial charge in [-0.25, -0.2) is 23.8 Å². The van der Waals surface area contributed by atoms with Gasteiger partial charge >= 0.3 is 6.09 Å². The minimum Gasteiger partial charge on any atom is -0.465 e. The lowest BCUT2D eigenvalue weighted by atomic mass is 9.84. The first-order chi connectivity index (χ1) is 21.8. The summed E-state index contributed by atoms with van der Waals surface area (Å²) in [6, 6.07) is 5.46. The first kappa shape index (κ1) is 32.4. The number of carboxylic acid groups (broad SMARTS) is 1. The number of fused-ring (bicyclic) bond motifs is 2. The highest BCUT2D eigenvalue weighted by molar-refractivity contribution is 6.35. The van der Waals surface area contributed by atoms with Crippen molar-refractivity contribution in [2.75, 3.05) is 51.8 Å². The fraction of sp³-hybridized carbons (Fsp3) is 0.529. The SMILES string of the molecule is Cc1ccc2c(cnn2C2CCCCO2)c1-c1c(Cl)cc2c(N3CCN(C(=O)O)C(C(C)(C)C)C3)nc(CCN(C)C)nc2c1F. The molecule has 0 aliphatic carbocycles. The van der Waals surface area contributed by atoms with Crippen LogP contribution < -0.4 is 4.90 Å². The molecule has 46 heavy (non-hydrogen) atoms. The lowest BCUT2D eigenvalue weighted by molar-refractivity contribution is -0.0366. The van der Waals surface area contributed by atoms with E-state index < -0.39 is 11.9 Å². The molecule has 0 radical (unpaired) electrons. The molecule has 6 rings (SSSR count). The fourth-order valence-electron chi connectivity index (χ4n) is 6.78. The number of anilines is 1. The van der Waals surface area contributed by atoms with Gasteiger partial charge in [-0.3, -0.25) is 0 Å². The van der Waals surface area contributed by atoms with E-state index in [1.165, 1.54) is 4.90 Å². The number of ether oxygens (including phenoxy) is 1. The van der Waals surface area contributed by atoms with E-state index in [9.17, 15) is 9.90 Å². The Kier molecular flexibility index (Phi) is 8.86. The summed E-state index contributed by atoms with van der Waals surface area (Å²) in [5.41, 5.74) is 2.58. The number of nitrogens with zero attached hydrogens (tertiary/aromatic N) is 7. The molecule has 2 aromatic heterocycles. The molecule has 4 heterocycles. The third-order valence-electron chi connectivity index (χ3n) is 9.28. The number of amides is 1. The molecule has 2 unspecified atom stereocenters. The van der Waals surface area contributed by atoms with Crippen LogP contribution in [0.3, 0.4) is 0 Å². The highest BCUT2D eigenvalue weighted by Gasteiger charge is 2.39. The van der Waals surface area contributed by atoms with Crippen LogP contribution in [-0.2, 0) is 11.2 Å². The van der Waals surface area contributed by atoms with Crippen LogP contribution >= 0.6 is 11.6 Å². The number of aromatic nitrogens is 4. The van der Waals surface area contributed by atoms with E-state index in [1.54, 1.807) is 12.3 Å². The number of hydrogen-bond acceptors (Lipinski definition) is 7. The van der Waals surface area contributed by atoms with Crippen LogP contribution in [0, 0.1) is 18.2 Å². The van der Waals surface area contributed by atoms with Gasteiger partial charge in [-0.2, -0.15) is 5.10 Å². The van der Waals surface area contributed by atoms with E-state index in [1.807, 2.05) is 63.5 Å². The van der Waals surface area contributed by atoms with E-state index in [4.69, 9.17) is 26.3 Å². The summed E-state index contributed by atoms with van der Waals surface area (Å²) in [5, 5.41) is 16.2. The van der Waals surface area contributed by atoms with Gasteiger partial charge in [0.15, 0.2) is 12.0 Å². The highest BCUT2D eigenvalue weighted by Crippen LogP contribution is 2.43. The molecule has 12 heteroatoms. The van der Waals surface area contributed by atoms with Crippen LogP contribution in [0.15, 0.2) is 24.4 Å². The number of aryl methyl sites for hydroxylation is 1. The molecule has 2 aromatic carbocycles. The van der Waals surface area contributed by atoms with Crippen molar-refractivity contribution < 1.29 is 19.0 Å². The van der Waals surface area contributed by atoms with Crippen molar-refractivity contribution in [3.63, 3.8) is 0 Å². The largest absolute Gasteiger partial charge is 0.465 e. The molecule has 2 aliphatic heterocycles. The molecule has 2 aliphatic rings. The number of likely N-dealkylation sites (N-methyl/N-ethyl adjacent to an activating group) is 1. The van der Waals surface area contributed by atoms with Crippen molar-refractivity contribution in [2.45, 2.75) is 65.6 Å². The normalized spacial score (nSPS) is 19.5. The fourth-order valence-corrected chi connectivity index (χ4v) is 7.07. The number of piperazine rings is 1. The van der Waals surface area contributed by atoms with Gasteiger partial charge in [0, 0.05) is 61.1 Å². The van der Waals surface area contributed by atoms with Crippen molar-refractivity contribution in [3.8, 4) is 11.1 Å². The zero-order valence-corrected chi connectivity index (χ0v) is 28.2. The summed E-state index contributed by atoms with van der Waals surface area (Å²) in [6.45, 7) is 10.6. The highest BCUT2D eigenvalue weighted by atomic mass is 35.5. The van der Waals surface area contributed by atoms with Crippen LogP contribution in [0.25, 0.3) is 32.9 Å². The maximum absolute atomic E-state index is 17.1. The first-order valence-corrected chi connectivity index (χ1v) is 16.4. The third-order valence-corrected chi connectivity index (χ3v) is 9.58. The van der Waals surface area contributed by atoms with Gasteiger partial charge in [0.05, 0.1) is 22.8 Å². The third kappa shape index (κ3) is 6.00. The van der Waals surface area contributed by atoms with Crippen molar-refractivity contribution in [1.29, 1.82) is 0 Å². The molecule has 0 spiro atoms. The zero-order valence-electron chi connectivity index (χ0n) is 27.5. The minimum atomic E-state index is -0.944. The number of carbonyl (C=O) groups is 1. The zero-order chi connectivity index (χ0) is 32.9. The number of rotatable bonds is 6. The van der Waals surface area contributed by atoms with Gasteiger partial charge in [0.25, 0.3) is 0 Å². The monoisotopic (exact) mass is 651 g/mol. The Morgan fingerprint density at radius 1 is 1.15 bits per heavy atom. The van der Waals surface area contributed by atoms with Gasteiger partial charge in [-0.1, -0.05) is 38.4 Å². The Morgan fingerprint density at radius 2 is 1.93 bits per heavy atom. The molecule has 10 nitrogen and oxygen atoms in total. The van der Waals surface area contributed by atoms with Crippen LogP contribution in [-0.4, -0.2) is 93.7 Å². The molecule has 2 atom stereocenters. The van der Waals surface area contributed by atoms with Gasteiger partial charge in [0.1, 0.15) is 17.2 Å². The van der Waals surface area contributed by atoms with Gasteiger partial charge in [-0.05, 0) is 63.4 Å². The predicted octanol–water partition coefficient (Wildman–Crippen LogP) is 6.77. The summed E-state index contributed by atoms with van der Waals surface area (Å²) < 4.78 is 25.0. The number of benzene rings is 2. The van der Waals surface area contributed by atoms with Gasteiger partial charge in [-0.15, -0.1) is 0 Å². The Morgan fingerprint density at radius 3 is 2.61 bits per heavy atom. The van der Waals surface area contributed by atoms with Crippen molar-refractivity contribution in [3.05, 3.63) is 46.6 Å². The maximum atomic E-state index is 17.1. The van der Waals surface area contributed by atoms with E-state index in [-0.39, 0.29) is 33.8 Å². The molecule has 246 valence electrons. The summed E-state index contributed by atoms with van der Waals surface area (Å²) in [4.78, 5) is 27.5. The van der Waals surface area contributed by atoms with Crippen molar-refractivity contribution in [1.82, 2.24) is 29.5 Å². The number of halogens is 2. The molecule has 0 bridgehead atoms. The second-order valence-corrected chi connectivity index (χ2v) is 14.3. The quantitative estimate of drug-likeness (QED) is 0.244. The molecule has 2 fully saturated rings. The smallest absolute Gasteiger partial charge is 0.407 e. The lowest BCUT2D eigenvalue weighted by Gasteiger charge is -2.46. The molecule has 1 N–H and O–H groups in total. The Balaban J connectivity index is 1.52. The van der Waals surface area contributed by atoms with Gasteiger partial charge in [0.2, 0.25) is 0 Å². The molecular formula is C34H43ClFN7O3. The number of hydrogen-bond donors (Lipinski definition) is 1. The average Bonchev–Trinajstić information content (AvgIpc) is 3.45. The summed E-state index contributed by atoms with van der Waals surface area (Å²) in [6.07, 6.45) is 4.16. The molecule has 0 saturated carbocycles. The van der Waals surface area contributed by atoms with E-state index in [0.717, 1.165) is 35.7 Å². The van der Waals surface area contributed by atoms with Crippen LogP contribution in [0.5, 0.6) is 0 Å². The molecule has 2 saturated heterocycles. The molecule has 1 amide bonds. The van der Waals surface area contributed by atoms with Gasteiger partial charge < -0.3 is 24.5 Å². The first-order valence-electron chi connectivity index (χ1n) is 16.0. The van der Waals surface area contributed by atoms with Crippen molar-refractivity contribution in [2.24, 2.45) is 5.41 Å². The summed E-state index contributed by atoms with van der Waals surface area (Å²) in [7, 11) is 3.95. The van der Waals surface area contributed by atoms with Crippen LogP contribution in [0.2, 0.25) is 5.02 Å². The summed E-state index contributed by atoms with van der Waals surface area (Å²) >= 11 is 7.03. The van der Waals surface area contributed by atoms with E-state index in [0.29, 0.717) is 61.8 Å². The lowest BCUT2D eigenvalue weighted by Crippen LogP contribution is -2.59. The standard InChI is InChI=1S/C34H43ClFN7O3/c1-20-10-11-24-22(18-37-43(24)27-9-7-8-16-46-27)28(20)29-23(35)17-21-31(30(29)36)38-26(12-13-40(5)6)39-32(21)41-14-15-42(33(44)45)25(19-41)34(2,3)4/h10-11,17-18,25,27H,7-9,12-16,19H2,1-6H3,(H,44,45). The van der Waals surface area contributed by atoms with Crippen LogP contribution in [0.1, 0.15) is 57.6 Å². The average molecular weight is 652 g/mol. The van der Waals surface area contributed by atoms with E-state index >= 15 is 4.39 Å². The predicted molar refractivity (Wildman–Crippen MR) is 179 cm³/mol. The minimum absolute atomic E-state index is 0.160.